The van der Waals surface area contributed by atoms with Crippen molar-refractivity contribution < 1.29 is 9.59 Å². The van der Waals surface area contributed by atoms with Gasteiger partial charge in [-0.15, -0.1) is 0 Å². The van der Waals surface area contributed by atoms with Crippen molar-refractivity contribution in [1.29, 1.82) is 5.26 Å². The minimum absolute atomic E-state index is 0.0443. The van der Waals surface area contributed by atoms with Crippen LogP contribution in [0.4, 0.5) is 4.79 Å². The van der Waals surface area contributed by atoms with Crippen molar-refractivity contribution in [2.45, 2.75) is 50.6 Å². The maximum atomic E-state index is 11.9. The molecule has 7 heteroatoms. The second kappa shape index (κ2) is 7.97. The highest BCUT2D eigenvalue weighted by Gasteiger charge is 2.18. The Morgan fingerprint density at radius 1 is 1.39 bits per heavy atom. The third-order valence-electron chi connectivity index (χ3n) is 3.71. The Kier molecular flexibility index (Phi) is 5.99. The predicted octanol–water partition coefficient (Wildman–Crippen LogP) is 2.43. The summed E-state index contributed by atoms with van der Waals surface area (Å²) in [6.07, 6.45) is 4.16. The first kappa shape index (κ1) is 17.3. The highest BCUT2D eigenvalue weighted by Crippen LogP contribution is 2.23. The largest absolute Gasteiger partial charge is 0.335 e. The minimum Gasteiger partial charge on any atom is -0.335 e. The fourth-order valence-electron chi connectivity index (χ4n) is 2.63. The molecule has 0 aliphatic heterocycles. The zero-order valence-electron chi connectivity index (χ0n) is 13.3. The number of aryl methyl sites for hydroxylation is 2. The molecule has 1 heterocycles. The molecule has 1 saturated carbocycles. The Morgan fingerprint density at radius 3 is 2.74 bits per heavy atom. The molecule has 0 radical (unpaired) electrons. The smallest absolute Gasteiger partial charge is 0.321 e. The van der Waals surface area contributed by atoms with Gasteiger partial charge in [0.05, 0.1) is 11.3 Å². The lowest BCUT2D eigenvalue weighted by Crippen LogP contribution is -2.44. The van der Waals surface area contributed by atoms with Gasteiger partial charge < -0.3 is 5.32 Å². The number of hydrogen-bond acceptors (Lipinski definition) is 5. The van der Waals surface area contributed by atoms with Gasteiger partial charge in [0, 0.05) is 11.7 Å². The second-order valence-electron chi connectivity index (χ2n) is 5.66. The molecule has 3 amide bonds. The minimum atomic E-state index is -0.448. The lowest BCUT2D eigenvalue weighted by Gasteiger charge is -2.12. The summed E-state index contributed by atoms with van der Waals surface area (Å²) in [4.78, 5) is 27.9. The van der Waals surface area contributed by atoms with Gasteiger partial charge in [-0.3, -0.25) is 10.1 Å². The van der Waals surface area contributed by atoms with Gasteiger partial charge in [-0.2, -0.15) is 5.26 Å². The Balaban J connectivity index is 1.87. The van der Waals surface area contributed by atoms with Gasteiger partial charge in [-0.25, -0.2) is 9.78 Å². The molecule has 1 fully saturated rings. The van der Waals surface area contributed by atoms with E-state index in [4.69, 9.17) is 0 Å². The van der Waals surface area contributed by atoms with E-state index < -0.39 is 11.9 Å². The molecule has 0 saturated heterocycles. The normalized spacial score (nSPS) is 14.3. The van der Waals surface area contributed by atoms with E-state index >= 15 is 0 Å². The van der Waals surface area contributed by atoms with Crippen LogP contribution in [0.1, 0.15) is 42.5 Å². The molecule has 6 nitrogen and oxygen atoms in total. The summed E-state index contributed by atoms with van der Waals surface area (Å²) in [6, 6.07) is 3.66. The van der Waals surface area contributed by atoms with E-state index in [1.54, 1.807) is 0 Å². The molecular weight excluding hydrogens is 312 g/mol. The molecule has 0 spiro atoms. The summed E-state index contributed by atoms with van der Waals surface area (Å²) in [5.41, 5.74) is 2.11. The summed E-state index contributed by atoms with van der Waals surface area (Å²) in [5.74, 6) is -0.349. The summed E-state index contributed by atoms with van der Waals surface area (Å²) < 4.78 is 0. The molecule has 0 bridgehead atoms. The van der Waals surface area contributed by atoms with Crippen molar-refractivity contribution in [3.63, 3.8) is 0 Å². The molecule has 0 aromatic carbocycles. The van der Waals surface area contributed by atoms with E-state index in [1.165, 1.54) is 11.8 Å². The van der Waals surface area contributed by atoms with Crippen molar-refractivity contribution in [3.05, 3.63) is 22.9 Å². The number of carbonyl (C=O) groups excluding carboxylic acids is 2. The third-order valence-corrected chi connectivity index (χ3v) is 4.68. The highest BCUT2D eigenvalue weighted by molar-refractivity contribution is 8.00. The Morgan fingerprint density at radius 2 is 2.09 bits per heavy atom. The number of thioether (sulfide) groups is 1. The molecular formula is C16H20N4O2S. The number of urea groups is 1. The summed E-state index contributed by atoms with van der Waals surface area (Å²) >= 11 is 1.17. The number of carbonyl (C=O) groups is 2. The van der Waals surface area contributed by atoms with Crippen LogP contribution in [0.15, 0.2) is 11.1 Å². The first-order valence-electron chi connectivity index (χ1n) is 7.61. The van der Waals surface area contributed by atoms with Crippen LogP contribution in [0.2, 0.25) is 0 Å². The van der Waals surface area contributed by atoms with Crippen LogP contribution < -0.4 is 10.6 Å². The van der Waals surface area contributed by atoms with Crippen molar-refractivity contribution in [2.24, 2.45) is 0 Å². The number of nitriles is 1. The first-order valence-corrected chi connectivity index (χ1v) is 8.59. The standard InChI is InChI=1S/C16H20N4O2S/c1-10-7-11(2)18-15(13(10)8-17)23-9-14(21)20-16(22)19-12-5-3-4-6-12/h7,12H,3-6,9H2,1-2H3,(H2,19,20,21,22). The van der Waals surface area contributed by atoms with E-state index in [0.29, 0.717) is 10.6 Å². The number of amides is 3. The second-order valence-corrected chi connectivity index (χ2v) is 6.63. The van der Waals surface area contributed by atoms with Crippen LogP contribution in [-0.2, 0) is 4.79 Å². The SMILES string of the molecule is Cc1cc(C)c(C#N)c(SCC(=O)NC(=O)NC2CCCC2)n1. The third kappa shape index (κ3) is 4.96. The van der Waals surface area contributed by atoms with Crippen molar-refractivity contribution in [3.8, 4) is 6.07 Å². The molecule has 23 heavy (non-hydrogen) atoms. The molecule has 2 N–H and O–H groups in total. The maximum Gasteiger partial charge on any atom is 0.321 e. The van der Waals surface area contributed by atoms with E-state index in [9.17, 15) is 14.9 Å². The van der Waals surface area contributed by atoms with E-state index in [0.717, 1.165) is 36.9 Å². The van der Waals surface area contributed by atoms with Crippen LogP contribution in [-0.4, -0.2) is 28.7 Å². The summed E-state index contributed by atoms with van der Waals surface area (Å²) in [5, 5.41) is 14.8. The molecule has 2 rings (SSSR count). The van der Waals surface area contributed by atoms with Crippen LogP contribution in [0.25, 0.3) is 0 Å². The Labute approximate surface area is 140 Å². The fourth-order valence-corrected chi connectivity index (χ4v) is 3.53. The number of aromatic nitrogens is 1. The van der Waals surface area contributed by atoms with Crippen molar-refractivity contribution in [2.75, 3.05) is 5.75 Å². The first-order chi connectivity index (χ1) is 11.0. The summed E-state index contributed by atoms with van der Waals surface area (Å²) in [7, 11) is 0. The molecule has 1 aliphatic rings. The fraction of sp³-hybridized carbons (Fsp3) is 0.500. The molecule has 0 unspecified atom stereocenters. The Hall–Kier alpha value is -2.07. The van der Waals surface area contributed by atoms with Gasteiger partial charge in [-0.1, -0.05) is 24.6 Å². The lowest BCUT2D eigenvalue weighted by molar-refractivity contribution is -0.117. The maximum absolute atomic E-state index is 11.9. The van der Waals surface area contributed by atoms with Gasteiger partial charge in [0.2, 0.25) is 5.91 Å². The number of rotatable bonds is 4. The van der Waals surface area contributed by atoms with E-state index in [2.05, 4.69) is 21.7 Å². The molecule has 1 aliphatic carbocycles. The van der Waals surface area contributed by atoms with Gasteiger partial charge in [0.25, 0.3) is 0 Å². The topological polar surface area (TPSA) is 94.9 Å². The highest BCUT2D eigenvalue weighted by atomic mass is 32.2. The van der Waals surface area contributed by atoms with Gasteiger partial charge in [0.1, 0.15) is 11.1 Å². The quantitative estimate of drug-likeness (QED) is 0.826. The molecule has 122 valence electrons. The Bertz CT molecular complexity index is 648. The number of pyridine rings is 1. The van der Waals surface area contributed by atoms with Crippen LogP contribution >= 0.6 is 11.8 Å². The number of nitrogens with zero attached hydrogens (tertiary/aromatic N) is 2. The van der Waals surface area contributed by atoms with Crippen LogP contribution in [0.3, 0.4) is 0 Å². The van der Waals surface area contributed by atoms with Gasteiger partial charge >= 0.3 is 6.03 Å². The van der Waals surface area contributed by atoms with Gasteiger partial charge in [0.15, 0.2) is 0 Å². The molecule has 1 aromatic rings. The average molecular weight is 332 g/mol. The van der Waals surface area contributed by atoms with Crippen LogP contribution in [0, 0.1) is 25.2 Å². The predicted molar refractivity (Wildman–Crippen MR) is 88.1 cm³/mol. The number of imide groups is 1. The van der Waals surface area contributed by atoms with Crippen molar-refractivity contribution in [1.82, 2.24) is 15.6 Å². The summed E-state index contributed by atoms with van der Waals surface area (Å²) in [6.45, 7) is 3.68. The van der Waals surface area contributed by atoms with Gasteiger partial charge in [-0.05, 0) is 38.3 Å². The lowest BCUT2D eigenvalue weighted by atomic mass is 10.1. The molecule has 0 atom stereocenters. The zero-order valence-corrected chi connectivity index (χ0v) is 14.1. The zero-order chi connectivity index (χ0) is 16.8. The number of nitrogens with one attached hydrogen (secondary N) is 2. The monoisotopic (exact) mass is 332 g/mol. The average Bonchev–Trinajstić information content (AvgIpc) is 2.97. The number of hydrogen-bond donors (Lipinski definition) is 2. The van der Waals surface area contributed by atoms with Crippen LogP contribution in [0.5, 0.6) is 0 Å². The van der Waals surface area contributed by atoms with E-state index in [1.807, 2.05) is 19.9 Å². The van der Waals surface area contributed by atoms with E-state index in [-0.39, 0.29) is 11.8 Å². The molecule has 1 aromatic heterocycles. The van der Waals surface area contributed by atoms with Crippen molar-refractivity contribution >= 4 is 23.7 Å².